The number of nitrogens with one attached hydrogen (secondary N) is 1. The highest BCUT2D eigenvalue weighted by atomic mass is 16.1. The lowest BCUT2D eigenvalue weighted by Crippen LogP contribution is -2.13. The Morgan fingerprint density at radius 3 is 2.55 bits per heavy atom. The first-order chi connectivity index (χ1) is 9.72. The minimum Gasteiger partial charge on any atom is -0.307 e. The maximum atomic E-state index is 12.2. The molecule has 2 aromatic carbocycles. The van der Waals surface area contributed by atoms with Gasteiger partial charge >= 0.3 is 0 Å². The Labute approximate surface area is 117 Å². The highest BCUT2D eigenvalue weighted by molar-refractivity contribution is 6.06. The van der Waals surface area contributed by atoms with Gasteiger partial charge in [-0.1, -0.05) is 36.4 Å². The topological polar surface area (TPSA) is 42.0 Å². The molecular weight excluding hydrogens is 248 g/mol. The average molecular weight is 262 g/mol. The Hall–Kier alpha value is -2.68. The van der Waals surface area contributed by atoms with Crippen LogP contribution in [0.2, 0.25) is 0 Å². The smallest absolute Gasteiger partial charge is 0.256 e. The van der Waals surface area contributed by atoms with Gasteiger partial charge in [-0.2, -0.15) is 0 Å². The van der Waals surface area contributed by atoms with Crippen LogP contribution in [0.4, 0.5) is 5.82 Å². The van der Waals surface area contributed by atoms with Gasteiger partial charge in [0.05, 0.1) is 0 Å². The van der Waals surface area contributed by atoms with Crippen LogP contribution in [0.5, 0.6) is 0 Å². The zero-order valence-corrected chi connectivity index (χ0v) is 11.1. The molecule has 3 nitrogen and oxygen atoms in total. The van der Waals surface area contributed by atoms with Crippen molar-refractivity contribution >= 4 is 22.5 Å². The van der Waals surface area contributed by atoms with E-state index < -0.39 is 0 Å². The van der Waals surface area contributed by atoms with Crippen molar-refractivity contribution in [3.05, 3.63) is 71.9 Å². The molecule has 0 fully saturated rings. The molecule has 0 spiro atoms. The summed E-state index contributed by atoms with van der Waals surface area (Å²) < 4.78 is 0. The SMILES string of the molecule is Cc1cccc(NC(=O)c2ccc3ccccc3c2)n1. The lowest BCUT2D eigenvalue weighted by Gasteiger charge is -2.06. The molecule has 3 rings (SSSR count). The van der Waals surface area contributed by atoms with E-state index in [1.54, 1.807) is 6.07 Å². The molecule has 0 unspecified atom stereocenters. The van der Waals surface area contributed by atoms with E-state index in [1.807, 2.05) is 61.5 Å². The molecular formula is C17H14N2O. The first-order valence-electron chi connectivity index (χ1n) is 6.46. The highest BCUT2D eigenvalue weighted by Crippen LogP contribution is 2.16. The third-order valence-electron chi connectivity index (χ3n) is 3.14. The van der Waals surface area contributed by atoms with Crippen LogP contribution in [0, 0.1) is 6.92 Å². The van der Waals surface area contributed by atoms with Crippen molar-refractivity contribution in [2.75, 3.05) is 5.32 Å². The van der Waals surface area contributed by atoms with Crippen molar-refractivity contribution in [3.8, 4) is 0 Å². The van der Waals surface area contributed by atoms with Gasteiger partial charge in [-0.3, -0.25) is 4.79 Å². The van der Waals surface area contributed by atoms with Crippen LogP contribution < -0.4 is 5.32 Å². The number of anilines is 1. The number of aryl methyl sites for hydroxylation is 1. The molecule has 20 heavy (non-hydrogen) atoms. The highest BCUT2D eigenvalue weighted by Gasteiger charge is 2.07. The molecule has 98 valence electrons. The quantitative estimate of drug-likeness (QED) is 0.763. The van der Waals surface area contributed by atoms with Crippen LogP contribution >= 0.6 is 0 Å². The van der Waals surface area contributed by atoms with Gasteiger partial charge in [0.1, 0.15) is 5.82 Å². The average Bonchev–Trinajstić information content (AvgIpc) is 2.47. The third-order valence-corrected chi connectivity index (χ3v) is 3.14. The molecule has 0 saturated carbocycles. The molecule has 0 saturated heterocycles. The van der Waals surface area contributed by atoms with Crippen LogP contribution in [0.1, 0.15) is 16.1 Å². The summed E-state index contributed by atoms with van der Waals surface area (Å²) in [6, 6.07) is 19.2. The van der Waals surface area contributed by atoms with Gasteiger partial charge in [-0.15, -0.1) is 0 Å². The van der Waals surface area contributed by atoms with Gasteiger partial charge in [0.15, 0.2) is 0 Å². The van der Waals surface area contributed by atoms with Crippen molar-refractivity contribution < 1.29 is 4.79 Å². The van der Waals surface area contributed by atoms with Crippen LogP contribution in [0.25, 0.3) is 10.8 Å². The van der Waals surface area contributed by atoms with E-state index in [-0.39, 0.29) is 5.91 Å². The Balaban J connectivity index is 1.88. The van der Waals surface area contributed by atoms with Crippen LogP contribution in [-0.4, -0.2) is 10.9 Å². The molecule has 3 heteroatoms. The van der Waals surface area contributed by atoms with Gasteiger partial charge in [0.25, 0.3) is 5.91 Å². The summed E-state index contributed by atoms with van der Waals surface area (Å²) in [7, 11) is 0. The maximum Gasteiger partial charge on any atom is 0.256 e. The summed E-state index contributed by atoms with van der Waals surface area (Å²) in [5, 5.41) is 4.99. The predicted octanol–water partition coefficient (Wildman–Crippen LogP) is 3.80. The number of fused-ring (bicyclic) bond motifs is 1. The predicted molar refractivity (Wildman–Crippen MR) is 80.9 cm³/mol. The number of rotatable bonds is 2. The van der Waals surface area contributed by atoms with E-state index in [9.17, 15) is 4.79 Å². The first kappa shape index (κ1) is 12.4. The number of amides is 1. The summed E-state index contributed by atoms with van der Waals surface area (Å²) in [5.74, 6) is 0.428. The van der Waals surface area contributed by atoms with E-state index in [1.165, 1.54) is 0 Å². The molecule has 0 aliphatic carbocycles. The second-order valence-electron chi connectivity index (χ2n) is 4.68. The molecule has 1 heterocycles. The molecule has 3 aromatic rings. The van der Waals surface area contributed by atoms with Gasteiger partial charge in [-0.25, -0.2) is 4.98 Å². The van der Waals surface area contributed by atoms with E-state index in [0.717, 1.165) is 16.5 Å². The van der Waals surface area contributed by atoms with Gasteiger partial charge in [0, 0.05) is 11.3 Å². The van der Waals surface area contributed by atoms with Crippen molar-refractivity contribution in [2.45, 2.75) is 6.92 Å². The van der Waals surface area contributed by atoms with E-state index in [0.29, 0.717) is 11.4 Å². The summed E-state index contributed by atoms with van der Waals surface area (Å²) in [5.41, 5.74) is 1.51. The molecule has 0 aliphatic heterocycles. The summed E-state index contributed by atoms with van der Waals surface area (Å²) in [4.78, 5) is 16.5. The number of carbonyl (C=O) groups is 1. The number of aromatic nitrogens is 1. The Kier molecular flexibility index (Phi) is 3.17. The summed E-state index contributed by atoms with van der Waals surface area (Å²) >= 11 is 0. The van der Waals surface area contributed by atoms with Crippen LogP contribution in [0.3, 0.4) is 0 Å². The van der Waals surface area contributed by atoms with Gasteiger partial charge in [-0.05, 0) is 42.0 Å². The fourth-order valence-corrected chi connectivity index (χ4v) is 2.13. The number of hydrogen-bond donors (Lipinski definition) is 1. The molecule has 0 atom stereocenters. The number of benzene rings is 2. The maximum absolute atomic E-state index is 12.2. The lowest BCUT2D eigenvalue weighted by molar-refractivity contribution is 0.102. The number of hydrogen-bond acceptors (Lipinski definition) is 2. The fraction of sp³-hybridized carbons (Fsp3) is 0.0588. The Morgan fingerprint density at radius 2 is 1.75 bits per heavy atom. The van der Waals surface area contributed by atoms with E-state index in [4.69, 9.17) is 0 Å². The molecule has 1 aromatic heterocycles. The number of nitrogens with zero attached hydrogens (tertiary/aromatic N) is 1. The fourth-order valence-electron chi connectivity index (χ4n) is 2.13. The molecule has 0 aliphatic rings. The van der Waals surface area contributed by atoms with Crippen LogP contribution in [-0.2, 0) is 0 Å². The van der Waals surface area contributed by atoms with Gasteiger partial charge in [0.2, 0.25) is 0 Å². The van der Waals surface area contributed by atoms with E-state index in [2.05, 4.69) is 10.3 Å². The lowest BCUT2D eigenvalue weighted by atomic mass is 10.1. The normalized spacial score (nSPS) is 10.4. The van der Waals surface area contributed by atoms with Crippen molar-refractivity contribution in [2.24, 2.45) is 0 Å². The second kappa shape index (κ2) is 5.13. The van der Waals surface area contributed by atoms with Crippen molar-refractivity contribution in [1.29, 1.82) is 0 Å². The molecule has 0 bridgehead atoms. The first-order valence-corrected chi connectivity index (χ1v) is 6.46. The minimum atomic E-state index is -0.145. The van der Waals surface area contributed by atoms with E-state index >= 15 is 0 Å². The molecule has 1 N–H and O–H groups in total. The van der Waals surface area contributed by atoms with Crippen molar-refractivity contribution in [3.63, 3.8) is 0 Å². The Morgan fingerprint density at radius 1 is 0.950 bits per heavy atom. The largest absolute Gasteiger partial charge is 0.307 e. The molecule has 1 amide bonds. The van der Waals surface area contributed by atoms with Crippen molar-refractivity contribution in [1.82, 2.24) is 4.98 Å². The summed E-state index contributed by atoms with van der Waals surface area (Å²) in [6.45, 7) is 1.89. The second-order valence-corrected chi connectivity index (χ2v) is 4.68. The number of carbonyl (C=O) groups excluding carboxylic acids is 1. The molecule has 0 radical (unpaired) electrons. The van der Waals surface area contributed by atoms with Crippen LogP contribution in [0.15, 0.2) is 60.7 Å². The summed E-state index contributed by atoms with van der Waals surface area (Å²) in [6.07, 6.45) is 0. The zero-order valence-electron chi connectivity index (χ0n) is 11.1. The zero-order chi connectivity index (χ0) is 13.9. The third kappa shape index (κ3) is 2.52. The monoisotopic (exact) mass is 262 g/mol. The minimum absolute atomic E-state index is 0.145. The standard InChI is InChI=1S/C17H14N2O/c1-12-5-4-8-16(18-12)19-17(20)15-10-9-13-6-2-3-7-14(13)11-15/h2-11H,1H3,(H,18,19,20). The number of pyridine rings is 1. The van der Waals surface area contributed by atoms with Gasteiger partial charge < -0.3 is 5.32 Å². The Bertz CT molecular complexity index is 781.